The van der Waals surface area contributed by atoms with E-state index >= 15 is 0 Å². The molecule has 2 atom stereocenters. The summed E-state index contributed by atoms with van der Waals surface area (Å²) in [5, 5.41) is 11.9. The number of nitrogens with one attached hydrogen (secondary N) is 1. The van der Waals surface area contributed by atoms with Crippen LogP contribution in [0.1, 0.15) is 24.8 Å². The topological polar surface area (TPSA) is 92.4 Å². The number of carboxylic acid groups (broad SMARTS) is 1. The first-order valence-corrected chi connectivity index (χ1v) is 7.09. The number of hydrogen-bond acceptors (Lipinski definition) is 3. The number of rotatable bonds is 4. The van der Waals surface area contributed by atoms with E-state index in [1.807, 2.05) is 12.1 Å². The molecule has 3 rings (SSSR count). The van der Waals surface area contributed by atoms with E-state index in [9.17, 15) is 9.59 Å². The Morgan fingerprint density at radius 3 is 2.38 bits per heavy atom. The van der Waals surface area contributed by atoms with Crippen molar-refractivity contribution >= 4 is 17.6 Å². The van der Waals surface area contributed by atoms with Gasteiger partial charge in [-0.05, 0) is 37.0 Å². The molecule has 0 radical (unpaired) electrons. The minimum atomic E-state index is -0.845. The number of aliphatic carboxylic acids is 1. The third-order valence-electron chi connectivity index (χ3n) is 4.37. The van der Waals surface area contributed by atoms with Crippen molar-refractivity contribution in [3.05, 3.63) is 42.0 Å². The number of carboxylic acids is 1. The first kappa shape index (κ1) is 13.7. The van der Waals surface area contributed by atoms with E-state index in [-0.39, 0.29) is 11.9 Å². The Balaban J connectivity index is 1.67. The highest BCUT2D eigenvalue weighted by Crippen LogP contribution is 2.48. The Morgan fingerprint density at radius 1 is 1.19 bits per heavy atom. The van der Waals surface area contributed by atoms with Crippen LogP contribution in [0.15, 0.2) is 36.4 Å². The predicted molar refractivity (Wildman–Crippen MR) is 78.6 cm³/mol. The Morgan fingerprint density at radius 2 is 1.86 bits per heavy atom. The largest absolute Gasteiger partial charge is 0.481 e. The van der Waals surface area contributed by atoms with Gasteiger partial charge in [-0.15, -0.1) is 0 Å². The maximum absolute atomic E-state index is 12.5. The van der Waals surface area contributed by atoms with Crippen molar-refractivity contribution in [3.8, 4) is 0 Å². The third-order valence-corrected chi connectivity index (χ3v) is 4.37. The second-order valence-electron chi connectivity index (χ2n) is 5.85. The molecule has 4 N–H and O–H groups in total. The first-order chi connectivity index (χ1) is 10.0. The smallest absolute Gasteiger partial charge is 0.310 e. The number of carbonyl (C=O) groups excluding carboxylic acids is 1. The molecule has 2 aliphatic carbocycles. The van der Waals surface area contributed by atoms with E-state index in [4.69, 9.17) is 10.8 Å². The van der Waals surface area contributed by atoms with Crippen molar-refractivity contribution in [3.63, 3.8) is 0 Å². The van der Waals surface area contributed by atoms with Crippen LogP contribution < -0.4 is 11.1 Å². The fourth-order valence-electron chi connectivity index (χ4n) is 2.87. The molecule has 1 fully saturated rings. The van der Waals surface area contributed by atoms with Crippen LogP contribution in [0.5, 0.6) is 0 Å². The highest BCUT2D eigenvalue weighted by atomic mass is 16.4. The maximum Gasteiger partial charge on any atom is 0.310 e. The molecular formula is C16H18N2O3. The molecule has 0 heterocycles. The number of hydrogen-bond donors (Lipinski definition) is 3. The molecule has 110 valence electrons. The van der Waals surface area contributed by atoms with Crippen LogP contribution in [0.4, 0.5) is 5.69 Å². The number of benzene rings is 1. The number of anilines is 1. The van der Waals surface area contributed by atoms with Crippen LogP contribution >= 0.6 is 0 Å². The predicted octanol–water partition coefficient (Wildman–Crippen LogP) is 1.45. The van der Waals surface area contributed by atoms with E-state index in [1.165, 1.54) is 0 Å². The summed E-state index contributed by atoms with van der Waals surface area (Å²) in [6, 6.07) is 7.21. The Bertz CT molecular complexity index is 602. The van der Waals surface area contributed by atoms with Crippen LogP contribution in [0.25, 0.3) is 0 Å². The minimum Gasteiger partial charge on any atom is -0.481 e. The van der Waals surface area contributed by atoms with Crippen LogP contribution in [-0.4, -0.2) is 23.0 Å². The summed E-state index contributed by atoms with van der Waals surface area (Å²) in [4.78, 5) is 23.4. The summed E-state index contributed by atoms with van der Waals surface area (Å²) < 4.78 is 0. The van der Waals surface area contributed by atoms with Crippen molar-refractivity contribution < 1.29 is 14.7 Å². The fraction of sp³-hybridized carbons (Fsp3) is 0.375. The fourth-order valence-corrected chi connectivity index (χ4v) is 2.87. The number of carbonyl (C=O) groups is 2. The number of nitrogen functional groups attached to an aromatic ring is 1. The normalized spacial score (nSPS) is 25.5. The Kier molecular flexibility index (Phi) is 3.20. The zero-order chi connectivity index (χ0) is 15.0. The van der Waals surface area contributed by atoms with Gasteiger partial charge in [0.15, 0.2) is 0 Å². The highest BCUT2D eigenvalue weighted by Gasteiger charge is 2.51. The van der Waals surface area contributed by atoms with Gasteiger partial charge in [0.25, 0.3) is 0 Å². The molecule has 0 bridgehead atoms. The maximum atomic E-state index is 12.5. The summed E-state index contributed by atoms with van der Waals surface area (Å²) in [6.45, 7) is 0. The van der Waals surface area contributed by atoms with Gasteiger partial charge in [0.05, 0.1) is 11.3 Å². The lowest BCUT2D eigenvalue weighted by molar-refractivity contribution is -0.140. The van der Waals surface area contributed by atoms with Gasteiger partial charge in [-0.3, -0.25) is 9.59 Å². The van der Waals surface area contributed by atoms with Gasteiger partial charge in [0.2, 0.25) is 5.91 Å². The molecule has 5 nitrogen and oxygen atoms in total. The van der Waals surface area contributed by atoms with Crippen molar-refractivity contribution in [2.24, 2.45) is 5.92 Å². The SMILES string of the molecule is Nc1ccc(C2(C(=O)NC3C=CC(C(=O)O)C3)CC2)cc1. The monoisotopic (exact) mass is 286 g/mol. The lowest BCUT2D eigenvalue weighted by Crippen LogP contribution is -2.40. The highest BCUT2D eigenvalue weighted by molar-refractivity contribution is 5.91. The number of amides is 1. The molecule has 0 saturated heterocycles. The van der Waals surface area contributed by atoms with Crippen LogP contribution in [0.3, 0.4) is 0 Å². The average Bonchev–Trinajstić information content (AvgIpc) is 3.13. The molecule has 0 aromatic heterocycles. The van der Waals surface area contributed by atoms with Gasteiger partial charge in [0.1, 0.15) is 0 Å². The van der Waals surface area contributed by atoms with E-state index in [0.717, 1.165) is 18.4 Å². The summed E-state index contributed by atoms with van der Waals surface area (Å²) in [6.07, 6.45) is 5.49. The zero-order valence-electron chi connectivity index (χ0n) is 11.6. The van der Waals surface area contributed by atoms with Gasteiger partial charge in [0, 0.05) is 11.7 Å². The molecule has 1 aromatic rings. The molecule has 2 aliphatic rings. The Labute approximate surface area is 122 Å². The summed E-state index contributed by atoms with van der Waals surface area (Å²) in [7, 11) is 0. The second-order valence-corrected chi connectivity index (χ2v) is 5.85. The van der Waals surface area contributed by atoms with Gasteiger partial charge in [-0.2, -0.15) is 0 Å². The molecule has 1 amide bonds. The molecule has 0 aliphatic heterocycles. The molecule has 2 unspecified atom stereocenters. The minimum absolute atomic E-state index is 0.0204. The third kappa shape index (κ3) is 2.51. The number of nitrogens with two attached hydrogens (primary N) is 1. The van der Waals surface area contributed by atoms with Crippen molar-refractivity contribution in [1.29, 1.82) is 0 Å². The Hall–Kier alpha value is -2.30. The van der Waals surface area contributed by atoms with E-state index in [0.29, 0.717) is 12.1 Å². The average molecular weight is 286 g/mol. The molecule has 21 heavy (non-hydrogen) atoms. The second kappa shape index (κ2) is 4.91. The van der Waals surface area contributed by atoms with Crippen LogP contribution in [0.2, 0.25) is 0 Å². The van der Waals surface area contributed by atoms with Gasteiger partial charge < -0.3 is 16.2 Å². The summed E-state index contributed by atoms with van der Waals surface area (Å²) >= 11 is 0. The van der Waals surface area contributed by atoms with E-state index in [2.05, 4.69) is 5.32 Å². The lowest BCUT2D eigenvalue weighted by atomic mass is 9.94. The molecule has 1 saturated carbocycles. The quantitative estimate of drug-likeness (QED) is 0.577. The molecule has 1 aromatic carbocycles. The molecular weight excluding hydrogens is 268 g/mol. The standard InChI is InChI=1S/C16H18N2O3/c17-12-4-2-11(3-5-12)16(7-8-16)15(21)18-13-6-1-10(9-13)14(19)20/h1-6,10,13H,7-9,17H2,(H,18,21)(H,19,20). The molecule has 0 spiro atoms. The van der Waals surface area contributed by atoms with Crippen LogP contribution in [0, 0.1) is 5.92 Å². The van der Waals surface area contributed by atoms with Crippen LogP contribution in [-0.2, 0) is 15.0 Å². The lowest BCUT2D eigenvalue weighted by Gasteiger charge is -2.19. The van der Waals surface area contributed by atoms with E-state index < -0.39 is 17.3 Å². The van der Waals surface area contributed by atoms with Crippen molar-refractivity contribution in [1.82, 2.24) is 5.32 Å². The van der Waals surface area contributed by atoms with Crippen molar-refractivity contribution in [2.45, 2.75) is 30.7 Å². The summed E-state index contributed by atoms with van der Waals surface area (Å²) in [5.41, 5.74) is 6.88. The first-order valence-electron chi connectivity index (χ1n) is 7.09. The summed E-state index contributed by atoms with van der Waals surface area (Å²) in [5.74, 6) is -1.36. The zero-order valence-corrected chi connectivity index (χ0v) is 11.6. The van der Waals surface area contributed by atoms with Gasteiger partial charge in [-0.25, -0.2) is 0 Å². The van der Waals surface area contributed by atoms with Gasteiger partial charge in [-0.1, -0.05) is 24.3 Å². The van der Waals surface area contributed by atoms with E-state index in [1.54, 1.807) is 24.3 Å². The molecule has 5 heteroatoms. The van der Waals surface area contributed by atoms with Crippen molar-refractivity contribution in [2.75, 3.05) is 5.73 Å². The van der Waals surface area contributed by atoms with Gasteiger partial charge >= 0.3 is 5.97 Å².